The fourth-order valence-corrected chi connectivity index (χ4v) is 4.79. The van der Waals surface area contributed by atoms with E-state index in [2.05, 4.69) is 4.98 Å². The summed E-state index contributed by atoms with van der Waals surface area (Å²) in [7, 11) is -2.88. The Morgan fingerprint density at radius 2 is 2.37 bits per heavy atom. The number of aryl methyl sites for hydroxylation is 1. The van der Waals surface area contributed by atoms with Crippen molar-refractivity contribution in [3.63, 3.8) is 0 Å². The van der Waals surface area contributed by atoms with Crippen molar-refractivity contribution in [2.75, 3.05) is 17.3 Å². The molecule has 0 aliphatic carbocycles. The third-order valence-electron chi connectivity index (χ3n) is 2.97. The molecule has 1 saturated heterocycles. The number of sulfone groups is 1. The predicted octanol–water partition coefficient (Wildman–Crippen LogP) is 0.803. The molecule has 0 aromatic carbocycles. The number of imidazole rings is 1. The standard InChI is InChI=1S/C11H16N2O4S2/c1-8-4-13(11(12-8)18-6-10(14)15)5-9-2-3-19(16,17)7-9/h4,9H,2-3,5-7H2,1H3,(H,14,15). The molecule has 1 aliphatic heterocycles. The van der Waals surface area contributed by atoms with E-state index in [9.17, 15) is 13.2 Å². The minimum absolute atomic E-state index is 0.0422. The molecule has 1 aromatic rings. The third-order valence-corrected chi connectivity index (χ3v) is 5.78. The summed E-state index contributed by atoms with van der Waals surface area (Å²) in [6.45, 7) is 2.43. The number of aliphatic carboxylic acids is 1. The van der Waals surface area contributed by atoms with Crippen LogP contribution in [0.5, 0.6) is 0 Å². The van der Waals surface area contributed by atoms with Gasteiger partial charge in [0.15, 0.2) is 15.0 Å². The first kappa shape index (κ1) is 14.4. The Labute approximate surface area is 116 Å². The van der Waals surface area contributed by atoms with Crippen LogP contribution in [0, 0.1) is 12.8 Å². The topological polar surface area (TPSA) is 89.3 Å². The van der Waals surface area contributed by atoms with E-state index in [4.69, 9.17) is 5.11 Å². The minimum atomic E-state index is -2.88. The number of rotatable bonds is 5. The van der Waals surface area contributed by atoms with Crippen LogP contribution in [0.3, 0.4) is 0 Å². The van der Waals surface area contributed by atoms with Gasteiger partial charge < -0.3 is 9.67 Å². The zero-order chi connectivity index (χ0) is 14.0. The van der Waals surface area contributed by atoms with Crippen LogP contribution >= 0.6 is 11.8 Å². The second-order valence-corrected chi connectivity index (χ2v) is 7.94. The lowest BCUT2D eigenvalue weighted by Crippen LogP contribution is -2.13. The highest BCUT2D eigenvalue weighted by Crippen LogP contribution is 2.24. The van der Waals surface area contributed by atoms with Crippen LogP contribution in [0.15, 0.2) is 11.4 Å². The molecule has 0 saturated carbocycles. The zero-order valence-corrected chi connectivity index (χ0v) is 12.2. The summed E-state index contributed by atoms with van der Waals surface area (Å²) in [6.07, 6.45) is 2.51. The van der Waals surface area contributed by atoms with Crippen LogP contribution in [0.25, 0.3) is 0 Å². The Morgan fingerprint density at radius 1 is 1.63 bits per heavy atom. The fourth-order valence-electron chi connectivity index (χ4n) is 2.19. The van der Waals surface area contributed by atoms with Gasteiger partial charge in [0.2, 0.25) is 0 Å². The van der Waals surface area contributed by atoms with E-state index in [1.807, 2.05) is 17.7 Å². The first-order chi connectivity index (χ1) is 8.85. The van der Waals surface area contributed by atoms with Gasteiger partial charge in [0, 0.05) is 12.7 Å². The van der Waals surface area contributed by atoms with Crippen LogP contribution in [-0.2, 0) is 21.2 Å². The number of hydrogen-bond acceptors (Lipinski definition) is 5. The molecule has 1 aromatic heterocycles. The molecule has 0 radical (unpaired) electrons. The summed E-state index contributed by atoms with van der Waals surface area (Å²) >= 11 is 1.16. The maximum atomic E-state index is 11.4. The van der Waals surface area contributed by atoms with E-state index in [1.54, 1.807) is 0 Å². The van der Waals surface area contributed by atoms with Gasteiger partial charge in [-0.15, -0.1) is 0 Å². The van der Waals surface area contributed by atoms with Gasteiger partial charge >= 0.3 is 5.97 Å². The van der Waals surface area contributed by atoms with Crippen molar-refractivity contribution in [3.8, 4) is 0 Å². The Balaban J connectivity index is 2.05. The highest BCUT2D eigenvalue weighted by Gasteiger charge is 2.28. The molecule has 1 fully saturated rings. The summed E-state index contributed by atoms with van der Waals surface area (Å²) in [5.41, 5.74) is 0.814. The van der Waals surface area contributed by atoms with E-state index in [1.165, 1.54) is 0 Å². The van der Waals surface area contributed by atoms with Gasteiger partial charge in [0.1, 0.15) is 0 Å². The molecule has 6 nitrogen and oxygen atoms in total. The summed E-state index contributed by atoms with van der Waals surface area (Å²) in [5.74, 6) is -0.362. The molecule has 0 bridgehead atoms. The fraction of sp³-hybridized carbons (Fsp3) is 0.636. The summed E-state index contributed by atoms with van der Waals surface area (Å²) in [4.78, 5) is 14.9. The van der Waals surface area contributed by atoms with Crippen LogP contribution in [-0.4, -0.2) is 46.3 Å². The van der Waals surface area contributed by atoms with Gasteiger partial charge in [0.25, 0.3) is 0 Å². The summed E-state index contributed by atoms with van der Waals surface area (Å²) in [6, 6.07) is 0. The monoisotopic (exact) mass is 304 g/mol. The Hall–Kier alpha value is -1.02. The maximum absolute atomic E-state index is 11.4. The summed E-state index contributed by atoms with van der Waals surface area (Å²) < 4.78 is 24.7. The van der Waals surface area contributed by atoms with Crippen molar-refractivity contribution in [2.45, 2.75) is 25.0 Å². The van der Waals surface area contributed by atoms with E-state index >= 15 is 0 Å². The maximum Gasteiger partial charge on any atom is 0.313 e. The minimum Gasteiger partial charge on any atom is -0.481 e. The van der Waals surface area contributed by atoms with Gasteiger partial charge in [-0.25, -0.2) is 13.4 Å². The van der Waals surface area contributed by atoms with Gasteiger partial charge in [0.05, 0.1) is 23.0 Å². The van der Waals surface area contributed by atoms with E-state index < -0.39 is 15.8 Å². The number of carboxylic acids is 1. The first-order valence-corrected chi connectivity index (χ1v) is 8.75. The number of aromatic nitrogens is 2. The van der Waals surface area contributed by atoms with Gasteiger partial charge in [-0.05, 0) is 19.3 Å². The van der Waals surface area contributed by atoms with E-state index in [0.29, 0.717) is 18.1 Å². The first-order valence-electron chi connectivity index (χ1n) is 5.94. The molecule has 2 rings (SSSR count). The number of carboxylic acid groups (broad SMARTS) is 1. The lowest BCUT2D eigenvalue weighted by molar-refractivity contribution is -0.133. The van der Waals surface area contributed by atoms with Crippen LogP contribution in [0.4, 0.5) is 0 Å². The largest absolute Gasteiger partial charge is 0.481 e. The molecule has 8 heteroatoms. The van der Waals surface area contributed by atoms with E-state index in [-0.39, 0.29) is 23.2 Å². The smallest absolute Gasteiger partial charge is 0.313 e. The molecule has 19 heavy (non-hydrogen) atoms. The van der Waals surface area contributed by atoms with Crippen molar-refractivity contribution in [1.82, 2.24) is 9.55 Å². The molecule has 1 unspecified atom stereocenters. The normalized spacial score (nSPS) is 21.6. The van der Waals surface area contributed by atoms with Crippen LogP contribution in [0.1, 0.15) is 12.1 Å². The lowest BCUT2D eigenvalue weighted by Gasteiger charge is -2.11. The second kappa shape index (κ2) is 5.54. The molecule has 0 amide bonds. The highest BCUT2D eigenvalue weighted by molar-refractivity contribution is 7.99. The van der Waals surface area contributed by atoms with Gasteiger partial charge in [-0.1, -0.05) is 11.8 Å². The zero-order valence-electron chi connectivity index (χ0n) is 10.6. The van der Waals surface area contributed by atoms with Crippen molar-refractivity contribution < 1.29 is 18.3 Å². The number of nitrogens with zero attached hydrogens (tertiary/aromatic N) is 2. The quantitative estimate of drug-likeness (QED) is 0.810. The number of hydrogen-bond donors (Lipinski definition) is 1. The molecular formula is C11H16N2O4S2. The Kier molecular flexibility index (Phi) is 4.19. The predicted molar refractivity (Wildman–Crippen MR) is 72.1 cm³/mol. The lowest BCUT2D eigenvalue weighted by atomic mass is 10.1. The molecule has 106 valence electrons. The average molecular weight is 304 g/mol. The number of carbonyl (C=O) groups is 1. The van der Waals surface area contributed by atoms with Crippen molar-refractivity contribution in [3.05, 3.63) is 11.9 Å². The third kappa shape index (κ3) is 3.97. The van der Waals surface area contributed by atoms with Gasteiger partial charge in [-0.3, -0.25) is 4.79 Å². The second-order valence-electron chi connectivity index (χ2n) is 4.77. The van der Waals surface area contributed by atoms with Crippen LogP contribution in [0.2, 0.25) is 0 Å². The SMILES string of the molecule is Cc1cn(CC2CCS(=O)(=O)C2)c(SCC(=O)O)n1. The molecular weight excluding hydrogens is 288 g/mol. The Morgan fingerprint density at radius 3 is 2.95 bits per heavy atom. The highest BCUT2D eigenvalue weighted by atomic mass is 32.2. The Bertz CT molecular complexity index is 580. The van der Waals surface area contributed by atoms with Gasteiger partial charge in [-0.2, -0.15) is 0 Å². The molecule has 1 N–H and O–H groups in total. The van der Waals surface area contributed by atoms with Crippen molar-refractivity contribution in [1.29, 1.82) is 0 Å². The van der Waals surface area contributed by atoms with Crippen LogP contribution < -0.4 is 0 Å². The average Bonchev–Trinajstić information content (AvgIpc) is 2.79. The molecule has 0 spiro atoms. The molecule has 2 heterocycles. The van der Waals surface area contributed by atoms with Crippen molar-refractivity contribution in [2.24, 2.45) is 5.92 Å². The molecule has 1 atom stereocenters. The summed E-state index contributed by atoms with van der Waals surface area (Å²) in [5, 5.41) is 9.33. The van der Waals surface area contributed by atoms with E-state index in [0.717, 1.165) is 17.5 Å². The molecule has 1 aliphatic rings. The van der Waals surface area contributed by atoms with Crippen molar-refractivity contribution >= 4 is 27.6 Å². The number of thioether (sulfide) groups is 1.